The molecule has 0 aliphatic heterocycles. The average molecular weight is 279 g/mol. The number of hydrogen-bond acceptors (Lipinski definition) is 4. The number of halogens is 1. The van der Waals surface area contributed by atoms with Crippen molar-refractivity contribution in [3.63, 3.8) is 0 Å². The summed E-state index contributed by atoms with van der Waals surface area (Å²) in [4.78, 5) is 0. The number of ether oxygens (including phenoxy) is 2. The number of nitrogens with one attached hydrogen (secondary N) is 1. The van der Waals surface area contributed by atoms with Crippen molar-refractivity contribution in [1.82, 2.24) is 5.32 Å². The minimum atomic E-state index is -0.370. The summed E-state index contributed by atoms with van der Waals surface area (Å²) in [6, 6.07) is 6.17. The molecule has 0 fully saturated rings. The van der Waals surface area contributed by atoms with Crippen molar-refractivity contribution in [1.29, 1.82) is 0 Å². The Bertz CT molecular complexity index is 554. The molecule has 20 heavy (non-hydrogen) atoms. The molecule has 0 radical (unpaired) electrons. The molecule has 2 rings (SSSR count). The molecule has 0 spiro atoms. The van der Waals surface area contributed by atoms with Gasteiger partial charge in [0.1, 0.15) is 11.6 Å². The summed E-state index contributed by atoms with van der Waals surface area (Å²) in [6.45, 7) is 2.63. The molecule has 108 valence electrons. The zero-order valence-electron chi connectivity index (χ0n) is 11.8. The fourth-order valence-corrected chi connectivity index (χ4v) is 2.11. The lowest BCUT2D eigenvalue weighted by Crippen LogP contribution is -2.22. The lowest BCUT2D eigenvalue weighted by Gasteiger charge is -2.18. The summed E-state index contributed by atoms with van der Waals surface area (Å²) in [6.07, 6.45) is 1.57. The van der Waals surface area contributed by atoms with Crippen LogP contribution in [0.1, 0.15) is 24.3 Å². The predicted molar refractivity (Wildman–Crippen MR) is 73.7 cm³/mol. The molecule has 1 N–H and O–H groups in total. The molecule has 1 aromatic carbocycles. The van der Waals surface area contributed by atoms with E-state index >= 15 is 0 Å². The monoisotopic (exact) mass is 279 g/mol. The van der Waals surface area contributed by atoms with Crippen molar-refractivity contribution in [3.8, 4) is 11.5 Å². The maximum Gasteiger partial charge on any atom is 0.163 e. The molecular formula is C15H18FNO3. The quantitative estimate of drug-likeness (QED) is 0.882. The minimum absolute atomic E-state index is 0.364. The molecule has 5 heteroatoms. The van der Waals surface area contributed by atoms with Gasteiger partial charge in [-0.25, -0.2) is 4.39 Å². The van der Waals surface area contributed by atoms with Gasteiger partial charge in [-0.2, -0.15) is 0 Å². The minimum Gasteiger partial charge on any atom is -0.493 e. The molecule has 0 saturated heterocycles. The number of hydrogen-bond donors (Lipinski definition) is 1. The van der Waals surface area contributed by atoms with E-state index in [2.05, 4.69) is 5.32 Å². The largest absolute Gasteiger partial charge is 0.493 e. The Morgan fingerprint density at radius 1 is 1.25 bits per heavy atom. The van der Waals surface area contributed by atoms with Gasteiger partial charge in [0.2, 0.25) is 0 Å². The van der Waals surface area contributed by atoms with Crippen LogP contribution in [0.15, 0.2) is 34.9 Å². The fraction of sp³-hybridized carbons (Fsp3) is 0.333. The number of methoxy groups -OCH3 is 2. The second-order valence-electron chi connectivity index (χ2n) is 4.23. The zero-order chi connectivity index (χ0) is 14.5. The second kappa shape index (κ2) is 6.43. The lowest BCUT2D eigenvalue weighted by molar-refractivity contribution is 0.349. The smallest absolute Gasteiger partial charge is 0.163 e. The number of rotatable bonds is 6. The first-order chi connectivity index (χ1) is 9.71. The summed E-state index contributed by atoms with van der Waals surface area (Å²) in [5.41, 5.74) is 0.458. The fourth-order valence-electron chi connectivity index (χ4n) is 2.11. The van der Waals surface area contributed by atoms with Crippen LogP contribution in [-0.2, 0) is 0 Å². The van der Waals surface area contributed by atoms with Gasteiger partial charge in [-0.15, -0.1) is 0 Å². The first-order valence-corrected chi connectivity index (χ1v) is 6.39. The van der Waals surface area contributed by atoms with E-state index in [-0.39, 0.29) is 11.9 Å². The highest BCUT2D eigenvalue weighted by Gasteiger charge is 2.22. The highest BCUT2D eigenvalue weighted by atomic mass is 19.1. The predicted octanol–water partition coefficient (Wildman–Crippen LogP) is 3.13. The van der Waals surface area contributed by atoms with Gasteiger partial charge >= 0.3 is 0 Å². The van der Waals surface area contributed by atoms with Crippen molar-refractivity contribution in [2.45, 2.75) is 13.0 Å². The molecule has 4 nitrogen and oxygen atoms in total. The van der Waals surface area contributed by atoms with Crippen molar-refractivity contribution in [2.75, 3.05) is 20.8 Å². The van der Waals surface area contributed by atoms with E-state index in [1.807, 2.05) is 13.0 Å². The van der Waals surface area contributed by atoms with E-state index in [1.54, 1.807) is 18.4 Å². The van der Waals surface area contributed by atoms with Gasteiger partial charge in [0, 0.05) is 11.6 Å². The normalized spacial score (nSPS) is 12.2. The van der Waals surface area contributed by atoms with Crippen LogP contribution < -0.4 is 14.8 Å². The van der Waals surface area contributed by atoms with E-state index in [0.717, 1.165) is 0 Å². The van der Waals surface area contributed by atoms with Crippen LogP contribution in [-0.4, -0.2) is 20.8 Å². The van der Waals surface area contributed by atoms with Gasteiger partial charge in [0.25, 0.3) is 0 Å². The topological polar surface area (TPSA) is 43.6 Å². The van der Waals surface area contributed by atoms with Crippen LogP contribution >= 0.6 is 0 Å². The van der Waals surface area contributed by atoms with Crippen LogP contribution in [0.4, 0.5) is 4.39 Å². The van der Waals surface area contributed by atoms with Gasteiger partial charge < -0.3 is 19.2 Å². The first-order valence-electron chi connectivity index (χ1n) is 6.39. The van der Waals surface area contributed by atoms with Gasteiger partial charge in [-0.1, -0.05) is 6.92 Å². The second-order valence-corrected chi connectivity index (χ2v) is 4.23. The third kappa shape index (κ3) is 2.77. The van der Waals surface area contributed by atoms with Gasteiger partial charge in [-0.3, -0.25) is 0 Å². The van der Waals surface area contributed by atoms with Crippen molar-refractivity contribution in [2.24, 2.45) is 0 Å². The molecule has 0 saturated carbocycles. The molecule has 0 bridgehead atoms. The van der Waals surface area contributed by atoms with Crippen LogP contribution in [0, 0.1) is 5.82 Å². The van der Waals surface area contributed by atoms with Crippen molar-refractivity contribution in [3.05, 3.63) is 47.7 Å². The van der Waals surface area contributed by atoms with E-state index in [9.17, 15) is 4.39 Å². The van der Waals surface area contributed by atoms with Crippen LogP contribution in [0.25, 0.3) is 0 Å². The summed E-state index contributed by atoms with van der Waals surface area (Å²) in [7, 11) is 3.00. The molecular weight excluding hydrogens is 261 g/mol. The van der Waals surface area contributed by atoms with Crippen molar-refractivity contribution < 1.29 is 18.3 Å². The molecule has 1 atom stereocenters. The van der Waals surface area contributed by atoms with Gasteiger partial charge in [0.15, 0.2) is 11.5 Å². The third-order valence-electron chi connectivity index (χ3n) is 3.05. The molecule has 1 unspecified atom stereocenters. The SMILES string of the molecule is CCNC(c1ccco1)c1cc(OC)c(OC)cc1F. The Hall–Kier alpha value is -2.01. The van der Waals surface area contributed by atoms with E-state index < -0.39 is 0 Å². The summed E-state index contributed by atoms with van der Waals surface area (Å²) < 4.78 is 30.0. The first kappa shape index (κ1) is 14.4. The number of benzene rings is 1. The lowest BCUT2D eigenvalue weighted by atomic mass is 10.0. The molecule has 2 aromatic rings. The Morgan fingerprint density at radius 2 is 1.95 bits per heavy atom. The molecule has 0 aliphatic rings. The van der Waals surface area contributed by atoms with Crippen LogP contribution in [0.2, 0.25) is 0 Å². The zero-order valence-corrected chi connectivity index (χ0v) is 11.8. The van der Waals surface area contributed by atoms with Crippen LogP contribution in [0.5, 0.6) is 11.5 Å². The van der Waals surface area contributed by atoms with E-state index in [4.69, 9.17) is 13.9 Å². The van der Waals surface area contributed by atoms with Crippen molar-refractivity contribution >= 4 is 0 Å². The maximum atomic E-state index is 14.3. The average Bonchev–Trinajstić information content (AvgIpc) is 2.98. The highest BCUT2D eigenvalue weighted by Crippen LogP contribution is 2.34. The Balaban J connectivity index is 2.48. The third-order valence-corrected chi connectivity index (χ3v) is 3.05. The molecule has 0 aliphatic carbocycles. The Morgan fingerprint density at radius 3 is 2.50 bits per heavy atom. The van der Waals surface area contributed by atoms with Crippen LogP contribution in [0.3, 0.4) is 0 Å². The molecule has 0 amide bonds. The number of furan rings is 1. The van der Waals surface area contributed by atoms with E-state index in [0.29, 0.717) is 29.4 Å². The standard InChI is InChI=1S/C15H18FNO3/c1-4-17-15(12-6-5-7-20-12)10-8-13(18-2)14(19-3)9-11(10)16/h5-9,15,17H,4H2,1-3H3. The molecule has 1 aromatic heterocycles. The maximum absolute atomic E-state index is 14.3. The van der Waals surface area contributed by atoms with Gasteiger partial charge in [-0.05, 0) is 24.7 Å². The summed E-state index contributed by atoms with van der Waals surface area (Å²) in [5, 5.41) is 3.20. The van der Waals surface area contributed by atoms with Gasteiger partial charge in [0.05, 0.1) is 26.5 Å². The highest BCUT2D eigenvalue weighted by molar-refractivity contribution is 5.46. The Kier molecular flexibility index (Phi) is 4.63. The summed E-state index contributed by atoms with van der Waals surface area (Å²) >= 11 is 0. The van der Waals surface area contributed by atoms with E-state index in [1.165, 1.54) is 20.3 Å². The summed E-state index contributed by atoms with van der Waals surface area (Å²) in [5.74, 6) is 1.13. The Labute approximate surface area is 117 Å². The molecule has 1 heterocycles.